The van der Waals surface area contributed by atoms with Gasteiger partial charge in [0.2, 0.25) is 0 Å². The van der Waals surface area contributed by atoms with Gasteiger partial charge in [-0.1, -0.05) is 30.3 Å². The predicted molar refractivity (Wildman–Crippen MR) is 77.3 cm³/mol. The lowest BCUT2D eigenvalue weighted by molar-refractivity contribution is 1.02. The van der Waals surface area contributed by atoms with E-state index in [2.05, 4.69) is 41.2 Å². The molecule has 0 atom stereocenters. The van der Waals surface area contributed by atoms with E-state index in [9.17, 15) is 0 Å². The molecular weight excluding hydrogens is 222 g/mol. The molecule has 2 N–H and O–H groups in total. The molecule has 0 spiro atoms. The second-order valence-corrected chi connectivity index (χ2v) is 3.95. The zero-order chi connectivity index (χ0) is 12.8. The van der Waals surface area contributed by atoms with Crippen LogP contribution in [0.3, 0.4) is 0 Å². The van der Waals surface area contributed by atoms with Crippen LogP contribution in [0.2, 0.25) is 0 Å². The fraction of sp³-hybridized carbons (Fsp3) is 0.133. The Bertz CT molecular complexity index is 503. The van der Waals surface area contributed by atoms with Crippen molar-refractivity contribution < 1.29 is 0 Å². The molecule has 0 amide bonds. The Kier molecular flexibility index (Phi) is 3.97. The second kappa shape index (κ2) is 5.87. The van der Waals surface area contributed by atoms with Gasteiger partial charge in [-0.3, -0.25) is 0 Å². The molecule has 0 aliphatic carbocycles. The molecule has 18 heavy (non-hydrogen) atoms. The molecule has 92 valence electrons. The van der Waals surface area contributed by atoms with Gasteiger partial charge in [0, 0.05) is 17.9 Å². The molecular formula is C15H17N3. The topological polar surface area (TPSA) is 41.6 Å². The Morgan fingerprint density at radius 1 is 1.00 bits per heavy atom. The molecule has 0 aromatic heterocycles. The average molecular weight is 239 g/mol. The molecule has 0 aliphatic heterocycles. The van der Waals surface area contributed by atoms with Crippen LogP contribution in [-0.2, 0) is 0 Å². The highest BCUT2D eigenvalue weighted by molar-refractivity contribution is 5.80. The standard InChI is InChI=1S/C15H17N3/c1-2-18(14-6-4-3-5-7-14)15-10-8-13(9-11-15)12-17-16/h3-12H,2,16H2,1H3. The fourth-order valence-corrected chi connectivity index (χ4v) is 1.95. The van der Waals surface area contributed by atoms with Crippen molar-refractivity contribution in [1.82, 2.24) is 0 Å². The number of hydrogen-bond donors (Lipinski definition) is 1. The lowest BCUT2D eigenvalue weighted by atomic mass is 10.2. The maximum Gasteiger partial charge on any atom is 0.0538 e. The maximum atomic E-state index is 5.13. The SMILES string of the molecule is CCN(c1ccccc1)c1ccc(C=NN)cc1. The van der Waals surface area contributed by atoms with Gasteiger partial charge in [0.1, 0.15) is 0 Å². The highest BCUT2D eigenvalue weighted by Gasteiger charge is 2.05. The normalized spacial score (nSPS) is 10.7. The highest BCUT2D eigenvalue weighted by Crippen LogP contribution is 2.24. The second-order valence-electron chi connectivity index (χ2n) is 3.95. The minimum atomic E-state index is 0.925. The molecule has 0 fully saturated rings. The van der Waals surface area contributed by atoms with E-state index in [4.69, 9.17) is 5.84 Å². The summed E-state index contributed by atoms with van der Waals surface area (Å²) in [4.78, 5) is 2.25. The number of nitrogens with two attached hydrogens (primary N) is 1. The Labute approximate surface area is 108 Å². The maximum absolute atomic E-state index is 5.13. The van der Waals surface area contributed by atoms with Crippen molar-refractivity contribution in [3.05, 3.63) is 60.2 Å². The Balaban J connectivity index is 2.28. The van der Waals surface area contributed by atoms with Gasteiger partial charge in [-0.2, -0.15) is 5.10 Å². The van der Waals surface area contributed by atoms with E-state index in [0.29, 0.717) is 0 Å². The van der Waals surface area contributed by atoms with Crippen LogP contribution >= 0.6 is 0 Å². The zero-order valence-corrected chi connectivity index (χ0v) is 10.5. The van der Waals surface area contributed by atoms with Crippen LogP contribution in [0.1, 0.15) is 12.5 Å². The number of para-hydroxylation sites is 1. The molecule has 3 heteroatoms. The first-order valence-electron chi connectivity index (χ1n) is 6.01. The Hall–Kier alpha value is -2.29. The third-order valence-corrected chi connectivity index (χ3v) is 2.81. The number of rotatable bonds is 4. The van der Waals surface area contributed by atoms with Crippen molar-refractivity contribution >= 4 is 17.6 Å². The first-order chi connectivity index (χ1) is 8.85. The monoisotopic (exact) mass is 239 g/mol. The Morgan fingerprint density at radius 2 is 1.61 bits per heavy atom. The van der Waals surface area contributed by atoms with E-state index in [1.165, 1.54) is 5.69 Å². The smallest absolute Gasteiger partial charge is 0.0538 e. The first-order valence-corrected chi connectivity index (χ1v) is 6.01. The van der Waals surface area contributed by atoms with Crippen molar-refractivity contribution in [2.24, 2.45) is 10.9 Å². The van der Waals surface area contributed by atoms with E-state index < -0.39 is 0 Å². The average Bonchev–Trinajstić information content (AvgIpc) is 2.43. The quantitative estimate of drug-likeness (QED) is 0.506. The molecule has 0 radical (unpaired) electrons. The third-order valence-electron chi connectivity index (χ3n) is 2.81. The molecule has 0 unspecified atom stereocenters. The number of anilines is 2. The number of nitrogens with zero attached hydrogens (tertiary/aromatic N) is 2. The molecule has 0 heterocycles. The highest BCUT2D eigenvalue weighted by atomic mass is 15.1. The van der Waals surface area contributed by atoms with Gasteiger partial charge < -0.3 is 10.7 Å². The van der Waals surface area contributed by atoms with Crippen LogP contribution < -0.4 is 10.7 Å². The van der Waals surface area contributed by atoms with E-state index in [1.54, 1.807) is 6.21 Å². The zero-order valence-electron chi connectivity index (χ0n) is 10.5. The van der Waals surface area contributed by atoms with Gasteiger partial charge in [-0.25, -0.2) is 0 Å². The lowest BCUT2D eigenvalue weighted by Crippen LogP contribution is -2.15. The minimum absolute atomic E-state index is 0.925. The molecule has 0 saturated carbocycles. The summed E-state index contributed by atoms with van der Waals surface area (Å²) in [5.74, 6) is 5.13. The van der Waals surface area contributed by atoms with E-state index >= 15 is 0 Å². The van der Waals surface area contributed by atoms with Crippen molar-refractivity contribution in [2.45, 2.75) is 6.92 Å². The molecule has 0 bridgehead atoms. The summed E-state index contributed by atoms with van der Waals surface area (Å²) in [6, 6.07) is 18.5. The minimum Gasteiger partial charge on any atom is -0.342 e. The van der Waals surface area contributed by atoms with Crippen LogP contribution in [0.25, 0.3) is 0 Å². The lowest BCUT2D eigenvalue weighted by Gasteiger charge is -2.23. The molecule has 2 aromatic carbocycles. The summed E-state index contributed by atoms with van der Waals surface area (Å²) in [7, 11) is 0. The van der Waals surface area contributed by atoms with Crippen LogP contribution in [0, 0.1) is 0 Å². The first kappa shape index (κ1) is 12.2. The molecule has 2 rings (SSSR count). The number of hydrogen-bond acceptors (Lipinski definition) is 3. The van der Waals surface area contributed by atoms with E-state index in [-0.39, 0.29) is 0 Å². The fourth-order valence-electron chi connectivity index (χ4n) is 1.95. The van der Waals surface area contributed by atoms with E-state index in [0.717, 1.165) is 17.8 Å². The molecule has 0 saturated heterocycles. The largest absolute Gasteiger partial charge is 0.342 e. The molecule has 0 aliphatic rings. The van der Waals surface area contributed by atoms with Gasteiger partial charge in [0.15, 0.2) is 0 Å². The Morgan fingerprint density at radius 3 is 2.17 bits per heavy atom. The van der Waals surface area contributed by atoms with Crippen LogP contribution in [0.5, 0.6) is 0 Å². The summed E-state index contributed by atoms with van der Waals surface area (Å²) < 4.78 is 0. The summed E-state index contributed by atoms with van der Waals surface area (Å²) >= 11 is 0. The molecule has 3 nitrogen and oxygen atoms in total. The summed E-state index contributed by atoms with van der Waals surface area (Å²) in [5.41, 5.74) is 3.36. The van der Waals surface area contributed by atoms with Crippen molar-refractivity contribution in [3.63, 3.8) is 0 Å². The van der Waals surface area contributed by atoms with Gasteiger partial charge in [-0.05, 0) is 36.8 Å². The van der Waals surface area contributed by atoms with Crippen molar-refractivity contribution in [2.75, 3.05) is 11.4 Å². The van der Waals surface area contributed by atoms with Gasteiger partial charge in [-0.15, -0.1) is 0 Å². The van der Waals surface area contributed by atoms with Crippen molar-refractivity contribution in [3.8, 4) is 0 Å². The summed E-state index contributed by atoms with van der Waals surface area (Å²) in [6.07, 6.45) is 1.64. The number of hydrazone groups is 1. The van der Waals surface area contributed by atoms with Gasteiger partial charge in [0.05, 0.1) is 6.21 Å². The van der Waals surface area contributed by atoms with Gasteiger partial charge >= 0.3 is 0 Å². The van der Waals surface area contributed by atoms with Crippen LogP contribution in [-0.4, -0.2) is 12.8 Å². The third kappa shape index (κ3) is 2.69. The van der Waals surface area contributed by atoms with Gasteiger partial charge in [0.25, 0.3) is 0 Å². The molecule has 2 aromatic rings. The predicted octanol–water partition coefficient (Wildman–Crippen LogP) is 3.14. The van der Waals surface area contributed by atoms with E-state index in [1.807, 2.05) is 30.3 Å². The number of benzene rings is 2. The summed E-state index contributed by atoms with van der Waals surface area (Å²) in [6.45, 7) is 3.07. The van der Waals surface area contributed by atoms with Crippen LogP contribution in [0.4, 0.5) is 11.4 Å². The van der Waals surface area contributed by atoms with Crippen molar-refractivity contribution in [1.29, 1.82) is 0 Å². The van der Waals surface area contributed by atoms with Crippen LogP contribution in [0.15, 0.2) is 59.7 Å². The summed E-state index contributed by atoms with van der Waals surface area (Å²) in [5, 5.41) is 3.52.